The van der Waals surface area contributed by atoms with Crippen molar-refractivity contribution in [3.8, 4) is 0 Å². The molecule has 3 rings (SSSR count). The Morgan fingerprint density at radius 1 is 0.821 bits per heavy atom. The lowest BCUT2D eigenvalue weighted by Gasteiger charge is -2.19. The van der Waals surface area contributed by atoms with Crippen LogP contribution in [0.3, 0.4) is 0 Å². The molecule has 0 amide bonds. The first kappa shape index (κ1) is 19.6. The fourth-order valence-corrected chi connectivity index (χ4v) is 2.96. The number of esters is 1. The molecule has 0 aliphatic heterocycles. The molecule has 3 heteroatoms. The van der Waals surface area contributed by atoms with Crippen molar-refractivity contribution in [2.75, 3.05) is 0 Å². The summed E-state index contributed by atoms with van der Waals surface area (Å²) in [5.74, 6) is -1.21. The van der Waals surface area contributed by atoms with Gasteiger partial charge in [-0.25, -0.2) is 0 Å². The number of benzene rings is 3. The highest BCUT2D eigenvalue weighted by molar-refractivity contribution is 5.75. The van der Waals surface area contributed by atoms with Gasteiger partial charge >= 0.3 is 5.97 Å². The van der Waals surface area contributed by atoms with Crippen LogP contribution in [-0.4, -0.2) is 11.1 Å². The zero-order valence-corrected chi connectivity index (χ0v) is 15.6. The second-order valence-electron chi connectivity index (χ2n) is 6.59. The number of ether oxygens (including phenoxy) is 1. The van der Waals surface area contributed by atoms with Gasteiger partial charge in [0.2, 0.25) is 0 Å². The first-order valence-corrected chi connectivity index (χ1v) is 9.38. The van der Waals surface area contributed by atoms with Gasteiger partial charge in [0.1, 0.15) is 12.5 Å². The second kappa shape index (κ2) is 10.2. The molecular formula is C25H24O3. The Kier molecular flexibility index (Phi) is 7.16. The fourth-order valence-electron chi connectivity index (χ4n) is 2.96. The number of carbonyl (C=O) groups is 1. The zero-order valence-electron chi connectivity index (χ0n) is 15.6. The van der Waals surface area contributed by atoms with Crippen LogP contribution in [0.2, 0.25) is 0 Å². The minimum atomic E-state index is -0.962. The van der Waals surface area contributed by atoms with Crippen molar-refractivity contribution in [2.45, 2.75) is 19.1 Å². The summed E-state index contributed by atoms with van der Waals surface area (Å²) in [5, 5.41) is 10.8. The Balaban J connectivity index is 1.72. The molecule has 0 aliphatic rings. The minimum Gasteiger partial charge on any atom is -0.460 e. The fraction of sp³-hybridized carbons (Fsp3) is 0.160. The monoisotopic (exact) mass is 372 g/mol. The highest BCUT2D eigenvalue weighted by Gasteiger charge is 2.27. The highest BCUT2D eigenvalue weighted by atomic mass is 16.5. The number of hydrogen-bond acceptors (Lipinski definition) is 3. The Labute approximate surface area is 165 Å². The molecule has 0 aliphatic carbocycles. The molecule has 2 atom stereocenters. The molecule has 3 nitrogen and oxygen atoms in total. The van der Waals surface area contributed by atoms with E-state index in [1.54, 1.807) is 6.08 Å². The van der Waals surface area contributed by atoms with Crippen molar-refractivity contribution in [1.82, 2.24) is 0 Å². The summed E-state index contributed by atoms with van der Waals surface area (Å²) in [6, 6.07) is 28.7. The Morgan fingerprint density at radius 3 is 1.96 bits per heavy atom. The topological polar surface area (TPSA) is 46.5 Å². The first-order valence-electron chi connectivity index (χ1n) is 9.38. The van der Waals surface area contributed by atoms with Crippen LogP contribution in [0, 0.1) is 5.92 Å². The third-order valence-electron chi connectivity index (χ3n) is 4.52. The number of hydrogen-bond donors (Lipinski definition) is 1. The Hall–Kier alpha value is -3.17. The lowest BCUT2D eigenvalue weighted by atomic mass is 9.94. The van der Waals surface area contributed by atoms with Gasteiger partial charge in [0.05, 0.1) is 6.10 Å². The zero-order chi connectivity index (χ0) is 19.6. The molecule has 1 N–H and O–H groups in total. The summed E-state index contributed by atoms with van der Waals surface area (Å²) in [6.07, 6.45) is 3.38. The van der Waals surface area contributed by atoms with Crippen LogP contribution in [0.5, 0.6) is 0 Å². The van der Waals surface area contributed by atoms with Gasteiger partial charge in [-0.2, -0.15) is 0 Å². The van der Waals surface area contributed by atoms with E-state index < -0.39 is 18.0 Å². The Morgan fingerprint density at radius 2 is 1.36 bits per heavy atom. The summed E-state index contributed by atoms with van der Waals surface area (Å²) in [5.41, 5.74) is 2.75. The van der Waals surface area contributed by atoms with Gasteiger partial charge in [0.25, 0.3) is 0 Å². The first-order chi connectivity index (χ1) is 13.7. The van der Waals surface area contributed by atoms with Gasteiger partial charge in [0, 0.05) is 0 Å². The average Bonchev–Trinajstić information content (AvgIpc) is 2.77. The van der Waals surface area contributed by atoms with Crippen LogP contribution in [0.1, 0.15) is 22.8 Å². The molecule has 142 valence electrons. The van der Waals surface area contributed by atoms with Crippen molar-refractivity contribution in [3.63, 3.8) is 0 Å². The standard InChI is InChI=1S/C25H24O3/c26-24(22-16-8-3-9-17-22)23(18-10-15-20-11-4-1-5-12-20)25(27)28-19-21-13-6-2-7-14-21/h1-14,16-18,23-24,26H,15,19H2/b18-10-/t23-,24+/m1/s1. The molecule has 0 heterocycles. The maximum absolute atomic E-state index is 12.7. The summed E-state index contributed by atoms with van der Waals surface area (Å²) >= 11 is 0. The molecule has 0 radical (unpaired) electrons. The van der Waals surface area contributed by atoms with Crippen LogP contribution in [-0.2, 0) is 22.6 Å². The van der Waals surface area contributed by atoms with E-state index in [2.05, 4.69) is 0 Å². The SMILES string of the molecule is O=C(OCc1ccccc1)[C@H](/C=C\Cc1ccccc1)[C@@H](O)c1ccccc1. The molecule has 28 heavy (non-hydrogen) atoms. The highest BCUT2D eigenvalue weighted by Crippen LogP contribution is 2.25. The third-order valence-corrected chi connectivity index (χ3v) is 4.52. The van der Waals surface area contributed by atoms with E-state index >= 15 is 0 Å². The molecule has 0 saturated carbocycles. The predicted molar refractivity (Wildman–Crippen MR) is 110 cm³/mol. The van der Waals surface area contributed by atoms with Gasteiger partial charge in [-0.1, -0.05) is 103 Å². The van der Waals surface area contributed by atoms with Gasteiger partial charge < -0.3 is 9.84 Å². The predicted octanol–water partition coefficient (Wildman–Crippen LogP) is 4.88. The van der Waals surface area contributed by atoms with Crippen molar-refractivity contribution >= 4 is 5.97 Å². The van der Waals surface area contributed by atoms with Gasteiger partial charge in [-0.05, 0) is 23.1 Å². The lowest BCUT2D eigenvalue weighted by molar-refractivity contribution is -0.151. The third kappa shape index (κ3) is 5.66. The largest absolute Gasteiger partial charge is 0.460 e. The maximum atomic E-state index is 12.7. The van der Waals surface area contributed by atoms with Crippen molar-refractivity contribution < 1.29 is 14.6 Å². The van der Waals surface area contributed by atoms with Crippen LogP contribution in [0.4, 0.5) is 0 Å². The molecule has 0 aromatic heterocycles. The van der Waals surface area contributed by atoms with E-state index in [9.17, 15) is 9.90 Å². The number of rotatable bonds is 8. The molecule has 0 unspecified atom stereocenters. The normalized spacial score (nSPS) is 13.2. The van der Waals surface area contributed by atoms with Crippen LogP contribution in [0.25, 0.3) is 0 Å². The maximum Gasteiger partial charge on any atom is 0.316 e. The lowest BCUT2D eigenvalue weighted by Crippen LogP contribution is -2.23. The molecule has 0 fully saturated rings. The van der Waals surface area contributed by atoms with E-state index in [0.29, 0.717) is 12.0 Å². The average molecular weight is 372 g/mol. The van der Waals surface area contributed by atoms with Crippen molar-refractivity contribution in [2.24, 2.45) is 5.92 Å². The summed E-state index contributed by atoms with van der Waals surface area (Å²) in [4.78, 5) is 12.7. The van der Waals surface area contributed by atoms with E-state index in [0.717, 1.165) is 11.1 Å². The molecule has 0 saturated heterocycles. The second-order valence-corrected chi connectivity index (χ2v) is 6.59. The van der Waals surface area contributed by atoms with E-state index in [4.69, 9.17) is 4.74 Å². The number of allylic oxidation sites excluding steroid dienone is 1. The molecular weight excluding hydrogens is 348 g/mol. The molecule has 3 aromatic carbocycles. The van der Waals surface area contributed by atoms with Crippen LogP contribution in [0.15, 0.2) is 103 Å². The summed E-state index contributed by atoms with van der Waals surface area (Å²) in [7, 11) is 0. The Bertz CT molecular complexity index is 873. The summed E-state index contributed by atoms with van der Waals surface area (Å²) < 4.78 is 5.49. The minimum absolute atomic E-state index is 0.185. The van der Waals surface area contributed by atoms with E-state index in [1.807, 2.05) is 97.1 Å². The van der Waals surface area contributed by atoms with Crippen molar-refractivity contribution in [1.29, 1.82) is 0 Å². The van der Waals surface area contributed by atoms with Crippen LogP contribution < -0.4 is 0 Å². The quantitative estimate of drug-likeness (QED) is 0.453. The van der Waals surface area contributed by atoms with Gasteiger partial charge in [0.15, 0.2) is 0 Å². The smallest absolute Gasteiger partial charge is 0.316 e. The number of aliphatic hydroxyl groups is 1. The molecule has 3 aromatic rings. The van der Waals surface area contributed by atoms with Gasteiger partial charge in [-0.15, -0.1) is 0 Å². The van der Waals surface area contributed by atoms with E-state index in [1.165, 1.54) is 0 Å². The van der Waals surface area contributed by atoms with E-state index in [-0.39, 0.29) is 6.61 Å². The summed E-state index contributed by atoms with van der Waals surface area (Å²) in [6.45, 7) is 0.185. The van der Waals surface area contributed by atoms with Gasteiger partial charge in [-0.3, -0.25) is 4.79 Å². The van der Waals surface area contributed by atoms with Crippen molar-refractivity contribution in [3.05, 3.63) is 120 Å². The van der Waals surface area contributed by atoms with Crippen LogP contribution >= 0.6 is 0 Å². The number of carbonyl (C=O) groups excluding carboxylic acids is 1. The molecule has 0 bridgehead atoms. The number of aliphatic hydroxyl groups excluding tert-OH is 1. The molecule has 0 spiro atoms.